The number of thiophene rings is 1. The zero-order valence-corrected chi connectivity index (χ0v) is 9.66. The van der Waals surface area contributed by atoms with Crippen LogP contribution < -0.4 is 0 Å². The lowest BCUT2D eigenvalue weighted by atomic mass is 10.1. The average molecular weight is 215 g/mol. The molecule has 0 aromatic carbocycles. The van der Waals surface area contributed by atoms with E-state index in [-0.39, 0.29) is 0 Å². The number of hydrogen-bond acceptors (Lipinski definition) is 1. The Kier molecular flexibility index (Phi) is 4.54. The summed E-state index contributed by atoms with van der Waals surface area (Å²) in [5, 5.41) is 0. The van der Waals surface area contributed by atoms with Crippen molar-refractivity contribution in [1.29, 1.82) is 0 Å². The van der Waals surface area contributed by atoms with Crippen LogP contribution in [0, 0.1) is 0 Å². The van der Waals surface area contributed by atoms with E-state index in [1.807, 2.05) is 6.07 Å². The van der Waals surface area contributed by atoms with E-state index in [0.29, 0.717) is 5.92 Å². The molecule has 2 heteroatoms. The maximum Gasteiger partial charge on any atom is 0.0931 e. The molecule has 0 N–H and O–H groups in total. The van der Waals surface area contributed by atoms with Crippen molar-refractivity contribution in [1.82, 2.24) is 0 Å². The summed E-state index contributed by atoms with van der Waals surface area (Å²) >= 11 is 7.55. The van der Waals surface area contributed by atoms with E-state index in [9.17, 15) is 0 Å². The number of hydrogen-bond donors (Lipinski definition) is 0. The van der Waals surface area contributed by atoms with Crippen LogP contribution in [0.2, 0.25) is 4.34 Å². The van der Waals surface area contributed by atoms with Gasteiger partial charge in [0.25, 0.3) is 0 Å². The van der Waals surface area contributed by atoms with Crippen LogP contribution in [0.5, 0.6) is 0 Å². The van der Waals surface area contributed by atoms with Crippen LogP contribution in [0.1, 0.15) is 37.5 Å². The van der Waals surface area contributed by atoms with Crippen molar-refractivity contribution in [3.05, 3.63) is 33.5 Å². The van der Waals surface area contributed by atoms with Crippen molar-refractivity contribution in [3.8, 4) is 0 Å². The molecule has 0 saturated heterocycles. The summed E-state index contributed by atoms with van der Waals surface area (Å²) in [7, 11) is 0. The van der Waals surface area contributed by atoms with Crippen LogP contribution in [-0.2, 0) is 0 Å². The Morgan fingerprint density at radius 1 is 1.46 bits per heavy atom. The summed E-state index contributed by atoms with van der Waals surface area (Å²) in [6, 6.07) is 4.10. The van der Waals surface area contributed by atoms with Crippen molar-refractivity contribution in [2.75, 3.05) is 0 Å². The predicted octanol–water partition coefficient (Wildman–Crippen LogP) is 4.86. The van der Waals surface area contributed by atoms with Crippen molar-refractivity contribution < 1.29 is 0 Å². The Hall–Kier alpha value is -0.270. The molecule has 0 aliphatic rings. The summed E-state index contributed by atoms with van der Waals surface area (Å²) < 4.78 is 0.890. The number of allylic oxidation sites excluding steroid dienone is 2. The van der Waals surface area contributed by atoms with Gasteiger partial charge in [-0.25, -0.2) is 0 Å². The molecule has 0 aliphatic carbocycles. The van der Waals surface area contributed by atoms with Crippen LogP contribution >= 0.6 is 22.9 Å². The third-order valence-electron chi connectivity index (χ3n) is 1.97. The predicted molar refractivity (Wildman–Crippen MR) is 61.8 cm³/mol. The van der Waals surface area contributed by atoms with Crippen molar-refractivity contribution >= 4 is 22.9 Å². The Balaban J connectivity index is 2.48. The van der Waals surface area contributed by atoms with E-state index < -0.39 is 0 Å². The van der Waals surface area contributed by atoms with Gasteiger partial charge in [-0.3, -0.25) is 0 Å². The highest BCUT2D eigenvalue weighted by Gasteiger charge is 2.05. The molecule has 0 amide bonds. The Morgan fingerprint density at radius 3 is 2.77 bits per heavy atom. The van der Waals surface area contributed by atoms with E-state index in [0.717, 1.165) is 17.2 Å². The lowest BCUT2D eigenvalue weighted by Crippen LogP contribution is -1.86. The minimum atomic E-state index is 0.597. The summed E-state index contributed by atoms with van der Waals surface area (Å²) in [6.07, 6.45) is 6.70. The lowest BCUT2D eigenvalue weighted by Gasteiger charge is -2.04. The van der Waals surface area contributed by atoms with Gasteiger partial charge in [0.2, 0.25) is 0 Å². The fraction of sp³-hybridized carbons (Fsp3) is 0.455. The molecule has 1 unspecified atom stereocenters. The molecule has 0 spiro atoms. The summed E-state index contributed by atoms with van der Waals surface area (Å²) in [5.74, 6) is 0.597. The highest BCUT2D eigenvalue weighted by Crippen LogP contribution is 2.29. The van der Waals surface area contributed by atoms with Crippen LogP contribution in [0.25, 0.3) is 0 Å². The highest BCUT2D eigenvalue weighted by atomic mass is 35.5. The molecule has 0 radical (unpaired) electrons. The number of rotatable bonds is 4. The van der Waals surface area contributed by atoms with Gasteiger partial charge >= 0.3 is 0 Å². The minimum absolute atomic E-state index is 0.597. The summed E-state index contributed by atoms with van der Waals surface area (Å²) in [5.41, 5.74) is 0. The highest BCUT2D eigenvalue weighted by molar-refractivity contribution is 7.16. The van der Waals surface area contributed by atoms with Gasteiger partial charge in [-0.1, -0.05) is 37.6 Å². The molecule has 0 saturated carbocycles. The molecular weight excluding hydrogens is 200 g/mol. The third-order valence-corrected chi connectivity index (χ3v) is 3.43. The topological polar surface area (TPSA) is 0 Å². The fourth-order valence-electron chi connectivity index (χ4n) is 1.18. The van der Waals surface area contributed by atoms with E-state index >= 15 is 0 Å². The maximum atomic E-state index is 5.87. The third kappa shape index (κ3) is 3.53. The van der Waals surface area contributed by atoms with Crippen LogP contribution in [-0.4, -0.2) is 0 Å². The molecule has 0 bridgehead atoms. The maximum absolute atomic E-state index is 5.87. The largest absolute Gasteiger partial charge is 0.128 e. The molecule has 0 nitrogen and oxygen atoms in total. The van der Waals surface area contributed by atoms with E-state index in [1.54, 1.807) is 11.3 Å². The van der Waals surface area contributed by atoms with Crippen molar-refractivity contribution in [2.24, 2.45) is 0 Å². The van der Waals surface area contributed by atoms with Crippen molar-refractivity contribution in [2.45, 2.75) is 32.6 Å². The summed E-state index contributed by atoms with van der Waals surface area (Å²) in [6.45, 7) is 4.39. The average Bonchev–Trinajstić information content (AvgIpc) is 2.52. The first-order chi connectivity index (χ1) is 6.24. The van der Waals surface area contributed by atoms with Gasteiger partial charge in [-0.05, 0) is 30.9 Å². The molecule has 13 heavy (non-hydrogen) atoms. The monoisotopic (exact) mass is 214 g/mol. The van der Waals surface area contributed by atoms with Gasteiger partial charge in [-0.15, -0.1) is 11.3 Å². The lowest BCUT2D eigenvalue weighted by molar-refractivity contribution is 0.795. The van der Waals surface area contributed by atoms with Crippen LogP contribution in [0.15, 0.2) is 24.3 Å². The number of halogens is 1. The molecule has 1 aromatic rings. The van der Waals surface area contributed by atoms with E-state index in [4.69, 9.17) is 11.6 Å². The summed E-state index contributed by atoms with van der Waals surface area (Å²) in [4.78, 5) is 1.38. The standard InChI is InChI=1S/C11H15ClS/c1-3-4-5-6-9(2)10-7-8-11(12)13-10/h4-5,7-9H,3,6H2,1-2H3/b5-4-. The minimum Gasteiger partial charge on any atom is -0.128 e. The molecular formula is C11H15ClS. The van der Waals surface area contributed by atoms with Gasteiger partial charge in [-0.2, -0.15) is 0 Å². The van der Waals surface area contributed by atoms with E-state index in [2.05, 4.69) is 32.1 Å². The van der Waals surface area contributed by atoms with Crippen LogP contribution in [0.4, 0.5) is 0 Å². The normalized spacial score (nSPS) is 13.8. The quantitative estimate of drug-likeness (QED) is 0.628. The van der Waals surface area contributed by atoms with Gasteiger partial charge in [0, 0.05) is 4.88 Å². The van der Waals surface area contributed by atoms with Gasteiger partial charge < -0.3 is 0 Å². The molecule has 0 aliphatic heterocycles. The second-order valence-corrected chi connectivity index (χ2v) is 4.90. The second-order valence-electron chi connectivity index (χ2n) is 3.16. The first-order valence-electron chi connectivity index (χ1n) is 4.64. The van der Waals surface area contributed by atoms with Gasteiger partial charge in [0.1, 0.15) is 0 Å². The molecule has 1 heterocycles. The zero-order valence-electron chi connectivity index (χ0n) is 8.09. The SMILES string of the molecule is CC/C=C\CC(C)c1ccc(Cl)s1. The van der Waals surface area contributed by atoms with Gasteiger partial charge in [0.15, 0.2) is 0 Å². The smallest absolute Gasteiger partial charge is 0.0931 e. The molecule has 0 fully saturated rings. The molecule has 1 aromatic heterocycles. The molecule has 1 rings (SSSR count). The first-order valence-corrected chi connectivity index (χ1v) is 5.83. The second kappa shape index (κ2) is 5.46. The Bertz CT molecular complexity index is 275. The first kappa shape index (κ1) is 10.8. The van der Waals surface area contributed by atoms with Gasteiger partial charge in [0.05, 0.1) is 4.34 Å². The molecule has 1 atom stereocenters. The van der Waals surface area contributed by atoms with Crippen LogP contribution in [0.3, 0.4) is 0 Å². The Morgan fingerprint density at radius 2 is 2.23 bits per heavy atom. The Labute approximate surface area is 89.2 Å². The fourth-order valence-corrected chi connectivity index (χ4v) is 2.30. The molecule has 72 valence electrons. The van der Waals surface area contributed by atoms with E-state index in [1.165, 1.54) is 4.88 Å². The zero-order chi connectivity index (χ0) is 9.68. The van der Waals surface area contributed by atoms with Crippen molar-refractivity contribution in [3.63, 3.8) is 0 Å².